The zero-order valence-electron chi connectivity index (χ0n) is 10.1. The Kier molecular flexibility index (Phi) is 3.92. The van der Waals surface area contributed by atoms with Gasteiger partial charge < -0.3 is 16.2 Å². The molecule has 0 aliphatic rings. The number of nitrogens with two attached hydrogens (primary N) is 1. The fourth-order valence-corrected chi connectivity index (χ4v) is 1.93. The van der Waals surface area contributed by atoms with Crippen molar-refractivity contribution in [3.8, 4) is 5.75 Å². The molecule has 5 heteroatoms. The number of hydrogen-bond donors (Lipinski definition) is 3. The van der Waals surface area contributed by atoms with E-state index < -0.39 is 0 Å². The van der Waals surface area contributed by atoms with E-state index in [1.165, 1.54) is 6.07 Å². The Morgan fingerprint density at radius 2 is 2.05 bits per heavy atom. The Bertz CT molecular complexity index is 614. The summed E-state index contributed by atoms with van der Waals surface area (Å²) in [4.78, 5) is 11.9. The molecule has 4 nitrogen and oxygen atoms in total. The number of aromatic hydroxyl groups is 1. The first kappa shape index (κ1) is 13.2. The van der Waals surface area contributed by atoms with Gasteiger partial charge in [-0.2, -0.15) is 0 Å². The number of amides is 1. The van der Waals surface area contributed by atoms with Gasteiger partial charge in [-0.1, -0.05) is 23.7 Å². The standard InChI is InChI=1S/C14H13ClN2O2/c15-13-7-10(16)4-5-12(13)14(19)17-8-9-2-1-3-11(18)6-9/h1-7,18H,8,16H2,(H,17,19). The summed E-state index contributed by atoms with van der Waals surface area (Å²) in [5.74, 6) is -0.120. The number of carbonyl (C=O) groups is 1. The maximum absolute atomic E-state index is 11.9. The van der Waals surface area contributed by atoms with Gasteiger partial charge in [0.2, 0.25) is 0 Å². The minimum Gasteiger partial charge on any atom is -0.508 e. The van der Waals surface area contributed by atoms with Crippen LogP contribution in [0.15, 0.2) is 42.5 Å². The number of rotatable bonds is 3. The summed E-state index contributed by atoms with van der Waals surface area (Å²) in [5.41, 5.74) is 7.25. The molecule has 0 saturated heterocycles. The van der Waals surface area contributed by atoms with Crippen LogP contribution in [0.2, 0.25) is 5.02 Å². The van der Waals surface area contributed by atoms with Gasteiger partial charge in [0.15, 0.2) is 0 Å². The third-order valence-electron chi connectivity index (χ3n) is 2.60. The third-order valence-corrected chi connectivity index (χ3v) is 2.91. The molecule has 0 spiro atoms. The van der Waals surface area contributed by atoms with Crippen LogP contribution < -0.4 is 11.1 Å². The fraction of sp³-hybridized carbons (Fsp3) is 0.0714. The van der Waals surface area contributed by atoms with E-state index in [1.807, 2.05) is 6.07 Å². The van der Waals surface area contributed by atoms with Crippen LogP contribution >= 0.6 is 11.6 Å². The summed E-state index contributed by atoms with van der Waals surface area (Å²) in [6, 6.07) is 11.4. The van der Waals surface area contributed by atoms with Gasteiger partial charge in [-0.15, -0.1) is 0 Å². The first-order valence-electron chi connectivity index (χ1n) is 5.67. The Labute approximate surface area is 115 Å². The largest absolute Gasteiger partial charge is 0.508 e. The zero-order valence-corrected chi connectivity index (χ0v) is 10.8. The molecule has 98 valence electrons. The van der Waals surface area contributed by atoms with Gasteiger partial charge in [0.1, 0.15) is 5.75 Å². The predicted molar refractivity (Wildman–Crippen MR) is 75.1 cm³/mol. The molecule has 0 atom stereocenters. The maximum atomic E-state index is 11.9. The molecule has 2 aromatic rings. The molecule has 0 aromatic heterocycles. The Hall–Kier alpha value is -2.20. The van der Waals surface area contributed by atoms with Crippen LogP contribution in [0.3, 0.4) is 0 Å². The highest BCUT2D eigenvalue weighted by Gasteiger charge is 2.10. The molecule has 4 N–H and O–H groups in total. The first-order valence-corrected chi connectivity index (χ1v) is 6.05. The van der Waals surface area contributed by atoms with Gasteiger partial charge in [0.05, 0.1) is 10.6 Å². The molecule has 0 unspecified atom stereocenters. The van der Waals surface area contributed by atoms with Crippen molar-refractivity contribution in [2.24, 2.45) is 0 Å². The lowest BCUT2D eigenvalue weighted by Gasteiger charge is -2.07. The van der Waals surface area contributed by atoms with E-state index in [-0.39, 0.29) is 11.7 Å². The third kappa shape index (κ3) is 3.39. The summed E-state index contributed by atoms with van der Waals surface area (Å²) >= 11 is 5.95. The van der Waals surface area contributed by atoms with Crippen molar-refractivity contribution >= 4 is 23.2 Å². The van der Waals surface area contributed by atoms with Crippen LogP contribution in [-0.2, 0) is 6.54 Å². The Morgan fingerprint density at radius 3 is 2.74 bits per heavy atom. The molecule has 0 bridgehead atoms. The molecular formula is C14H13ClN2O2. The number of phenolic OH excluding ortho intramolecular Hbond substituents is 1. The van der Waals surface area contributed by atoms with Crippen LogP contribution in [0.25, 0.3) is 0 Å². The fourth-order valence-electron chi connectivity index (χ4n) is 1.66. The van der Waals surface area contributed by atoms with Crippen LogP contribution in [0.1, 0.15) is 15.9 Å². The smallest absolute Gasteiger partial charge is 0.253 e. The van der Waals surface area contributed by atoms with Gasteiger partial charge in [-0.05, 0) is 35.9 Å². The highest BCUT2D eigenvalue weighted by molar-refractivity contribution is 6.34. The average Bonchev–Trinajstić information content (AvgIpc) is 2.36. The van der Waals surface area contributed by atoms with Gasteiger partial charge >= 0.3 is 0 Å². The van der Waals surface area contributed by atoms with Crippen LogP contribution in [0.5, 0.6) is 5.75 Å². The summed E-state index contributed by atoms with van der Waals surface area (Å²) in [6.45, 7) is 0.313. The lowest BCUT2D eigenvalue weighted by Crippen LogP contribution is -2.23. The van der Waals surface area contributed by atoms with E-state index in [9.17, 15) is 9.90 Å². The van der Waals surface area contributed by atoms with Crippen LogP contribution in [0.4, 0.5) is 5.69 Å². The summed E-state index contributed by atoms with van der Waals surface area (Å²) in [6.07, 6.45) is 0. The number of phenols is 1. The number of carbonyl (C=O) groups excluding carboxylic acids is 1. The molecule has 0 saturated carbocycles. The minimum atomic E-state index is -0.284. The Morgan fingerprint density at radius 1 is 1.26 bits per heavy atom. The highest BCUT2D eigenvalue weighted by Crippen LogP contribution is 2.19. The van der Waals surface area contributed by atoms with Crippen molar-refractivity contribution in [2.75, 3.05) is 5.73 Å². The van der Waals surface area contributed by atoms with Crippen molar-refractivity contribution in [2.45, 2.75) is 6.54 Å². The quantitative estimate of drug-likeness (QED) is 0.754. The van der Waals surface area contributed by atoms with Crippen LogP contribution in [-0.4, -0.2) is 11.0 Å². The Balaban J connectivity index is 2.05. The first-order chi connectivity index (χ1) is 9.06. The van der Waals surface area contributed by atoms with Crippen LogP contribution in [0, 0.1) is 0 Å². The number of benzene rings is 2. The van der Waals surface area contributed by atoms with E-state index >= 15 is 0 Å². The second-order valence-electron chi connectivity index (χ2n) is 4.09. The van der Waals surface area contributed by atoms with Gasteiger partial charge in [-0.3, -0.25) is 4.79 Å². The molecule has 0 heterocycles. The van der Waals surface area contributed by atoms with E-state index in [4.69, 9.17) is 17.3 Å². The van der Waals surface area contributed by atoms with Crippen molar-refractivity contribution in [3.05, 3.63) is 58.6 Å². The van der Waals surface area contributed by atoms with E-state index in [0.717, 1.165) is 5.56 Å². The number of nitrogen functional groups attached to an aromatic ring is 1. The topological polar surface area (TPSA) is 75.4 Å². The SMILES string of the molecule is Nc1ccc(C(=O)NCc2cccc(O)c2)c(Cl)c1. The number of anilines is 1. The maximum Gasteiger partial charge on any atom is 0.253 e. The van der Waals surface area contributed by atoms with Gasteiger partial charge in [-0.25, -0.2) is 0 Å². The van der Waals surface area contributed by atoms with E-state index in [1.54, 1.807) is 30.3 Å². The van der Waals surface area contributed by atoms with Crippen molar-refractivity contribution in [1.82, 2.24) is 5.32 Å². The van der Waals surface area contributed by atoms with Crippen molar-refractivity contribution in [1.29, 1.82) is 0 Å². The lowest BCUT2D eigenvalue weighted by atomic mass is 10.1. The lowest BCUT2D eigenvalue weighted by molar-refractivity contribution is 0.0951. The van der Waals surface area contributed by atoms with Gasteiger partial charge in [0.25, 0.3) is 5.91 Å². The molecule has 1 amide bonds. The van der Waals surface area contributed by atoms with Gasteiger partial charge in [0, 0.05) is 12.2 Å². The van der Waals surface area contributed by atoms with Crippen molar-refractivity contribution in [3.63, 3.8) is 0 Å². The summed E-state index contributed by atoms with van der Waals surface area (Å²) in [7, 11) is 0. The number of hydrogen-bond acceptors (Lipinski definition) is 3. The van der Waals surface area contributed by atoms with E-state index in [0.29, 0.717) is 22.8 Å². The number of nitrogens with one attached hydrogen (secondary N) is 1. The van der Waals surface area contributed by atoms with Crippen molar-refractivity contribution < 1.29 is 9.90 Å². The number of halogens is 1. The van der Waals surface area contributed by atoms with E-state index in [2.05, 4.69) is 5.32 Å². The molecule has 2 rings (SSSR count). The molecule has 0 aliphatic carbocycles. The molecule has 0 aliphatic heterocycles. The zero-order chi connectivity index (χ0) is 13.8. The normalized spacial score (nSPS) is 10.2. The molecule has 0 radical (unpaired) electrons. The minimum absolute atomic E-state index is 0.164. The second-order valence-corrected chi connectivity index (χ2v) is 4.50. The molecule has 19 heavy (non-hydrogen) atoms. The summed E-state index contributed by atoms with van der Waals surface area (Å²) in [5, 5.41) is 12.4. The molecule has 0 fully saturated rings. The molecular weight excluding hydrogens is 264 g/mol. The average molecular weight is 277 g/mol. The summed E-state index contributed by atoms with van der Waals surface area (Å²) < 4.78 is 0. The predicted octanol–water partition coefficient (Wildman–Crippen LogP) is 2.56. The molecule has 2 aromatic carbocycles. The highest BCUT2D eigenvalue weighted by atomic mass is 35.5. The monoisotopic (exact) mass is 276 g/mol. The second kappa shape index (κ2) is 5.63.